The maximum absolute atomic E-state index is 13.6. The van der Waals surface area contributed by atoms with Gasteiger partial charge in [0.05, 0.1) is 5.75 Å². The van der Waals surface area contributed by atoms with Crippen molar-refractivity contribution in [1.82, 2.24) is 10.2 Å². The molecule has 0 spiro atoms. The number of amides is 2. The number of thioether (sulfide) groups is 1. The van der Waals surface area contributed by atoms with Gasteiger partial charge in [-0.05, 0) is 43.5 Å². The van der Waals surface area contributed by atoms with Gasteiger partial charge < -0.3 is 10.2 Å². The van der Waals surface area contributed by atoms with E-state index in [1.54, 1.807) is 4.90 Å². The lowest BCUT2D eigenvalue weighted by Crippen LogP contribution is -2.51. The molecule has 1 atom stereocenters. The highest BCUT2D eigenvalue weighted by atomic mass is 32.2. The molecule has 0 aliphatic heterocycles. The van der Waals surface area contributed by atoms with Crippen LogP contribution in [0, 0.1) is 13.8 Å². The summed E-state index contributed by atoms with van der Waals surface area (Å²) in [6, 6.07) is 25.7. The van der Waals surface area contributed by atoms with Gasteiger partial charge in [-0.25, -0.2) is 0 Å². The molecule has 34 heavy (non-hydrogen) atoms. The SMILES string of the molecule is CCCNC(=O)[C@@H](Cc1ccccc1)N(Cc1ccc(C)cc1)C(=O)CSc1ccc(C)cc1. The first-order valence-corrected chi connectivity index (χ1v) is 12.8. The van der Waals surface area contributed by atoms with Crippen molar-refractivity contribution in [3.8, 4) is 0 Å². The monoisotopic (exact) mass is 474 g/mol. The summed E-state index contributed by atoms with van der Waals surface area (Å²) in [7, 11) is 0. The van der Waals surface area contributed by atoms with Crippen LogP contribution >= 0.6 is 11.8 Å². The zero-order valence-corrected chi connectivity index (χ0v) is 21.1. The molecule has 3 aromatic carbocycles. The zero-order chi connectivity index (χ0) is 24.3. The van der Waals surface area contributed by atoms with Crippen molar-refractivity contribution in [2.24, 2.45) is 0 Å². The van der Waals surface area contributed by atoms with Crippen LogP contribution in [0.2, 0.25) is 0 Å². The van der Waals surface area contributed by atoms with Gasteiger partial charge in [0.15, 0.2) is 0 Å². The van der Waals surface area contributed by atoms with Crippen LogP contribution in [0.15, 0.2) is 83.8 Å². The Morgan fingerprint density at radius 1 is 0.853 bits per heavy atom. The first kappa shape index (κ1) is 25.6. The van der Waals surface area contributed by atoms with Crippen LogP contribution in [-0.2, 0) is 22.6 Å². The van der Waals surface area contributed by atoms with Crippen molar-refractivity contribution in [3.05, 3.63) is 101 Å². The van der Waals surface area contributed by atoms with Gasteiger partial charge in [-0.1, -0.05) is 84.8 Å². The molecule has 0 saturated carbocycles. The Kier molecular flexibility index (Phi) is 9.77. The molecule has 0 saturated heterocycles. The van der Waals surface area contributed by atoms with Crippen LogP contribution < -0.4 is 5.32 Å². The van der Waals surface area contributed by atoms with E-state index in [0.717, 1.165) is 28.0 Å². The lowest BCUT2D eigenvalue weighted by molar-refractivity contribution is -0.139. The van der Waals surface area contributed by atoms with Crippen LogP contribution in [-0.4, -0.2) is 35.1 Å². The molecule has 0 aliphatic rings. The minimum atomic E-state index is -0.582. The minimum Gasteiger partial charge on any atom is -0.354 e. The third kappa shape index (κ3) is 7.77. The number of hydrogen-bond acceptors (Lipinski definition) is 3. The van der Waals surface area contributed by atoms with Crippen LogP contribution in [0.25, 0.3) is 0 Å². The highest BCUT2D eigenvalue weighted by molar-refractivity contribution is 8.00. The van der Waals surface area contributed by atoms with Crippen molar-refractivity contribution < 1.29 is 9.59 Å². The lowest BCUT2D eigenvalue weighted by atomic mass is 10.0. The first-order valence-electron chi connectivity index (χ1n) is 11.8. The molecular weight excluding hydrogens is 440 g/mol. The van der Waals surface area contributed by atoms with Crippen LogP contribution in [0.1, 0.15) is 35.6 Å². The Hall–Kier alpha value is -3.05. The van der Waals surface area contributed by atoms with E-state index >= 15 is 0 Å². The van der Waals surface area contributed by atoms with Gasteiger partial charge in [-0.3, -0.25) is 9.59 Å². The van der Waals surface area contributed by atoms with E-state index in [-0.39, 0.29) is 17.6 Å². The zero-order valence-electron chi connectivity index (χ0n) is 20.3. The first-order chi connectivity index (χ1) is 16.5. The van der Waals surface area contributed by atoms with Gasteiger partial charge in [-0.2, -0.15) is 0 Å². The molecule has 0 radical (unpaired) electrons. The van der Waals surface area contributed by atoms with Gasteiger partial charge in [-0.15, -0.1) is 11.8 Å². The van der Waals surface area contributed by atoms with E-state index in [2.05, 4.69) is 5.32 Å². The molecule has 0 fully saturated rings. The van der Waals surface area contributed by atoms with Gasteiger partial charge in [0, 0.05) is 24.4 Å². The Morgan fingerprint density at radius 3 is 2.09 bits per heavy atom. The number of benzene rings is 3. The van der Waals surface area contributed by atoms with Crippen molar-refractivity contribution in [1.29, 1.82) is 0 Å². The molecule has 1 N–H and O–H groups in total. The fourth-order valence-electron chi connectivity index (χ4n) is 3.67. The summed E-state index contributed by atoms with van der Waals surface area (Å²) in [5.41, 5.74) is 4.40. The molecule has 0 aromatic heterocycles. The second kappa shape index (κ2) is 13.0. The second-order valence-corrected chi connectivity index (χ2v) is 9.65. The maximum Gasteiger partial charge on any atom is 0.243 e. The Bertz CT molecular complexity index is 1050. The lowest BCUT2D eigenvalue weighted by Gasteiger charge is -2.31. The third-order valence-electron chi connectivity index (χ3n) is 5.68. The molecule has 0 bridgehead atoms. The topological polar surface area (TPSA) is 49.4 Å². The highest BCUT2D eigenvalue weighted by Crippen LogP contribution is 2.21. The average Bonchev–Trinajstić information content (AvgIpc) is 2.86. The summed E-state index contributed by atoms with van der Waals surface area (Å²) >= 11 is 1.51. The van der Waals surface area contributed by atoms with Gasteiger partial charge >= 0.3 is 0 Å². The van der Waals surface area contributed by atoms with E-state index < -0.39 is 6.04 Å². The summed E-state index contributed by atoms with van der Waals surface area (Å²) in [6.07, 6.45) is 1.32. The minimum absolute atomic E-state index is 0.0428. The van der Waals surface area contributed by atoms with Crippen molar-refractivity contribution >= 4 is 23.6 Å². The fourth-order valence-corrected chi connectivity index (χ4v) is 4.46. The Balaban J connectivity index is 1.87. The van der Waals surface area contributed by atoms with Crippen LogP contribution in [0.4, 0.5) is 0 Å². The Labute approximate surface area is 207 Å². The van der Waals surface area contributed by atoms with Gasteiger partial charge in [0.1, 0.15) is 6.04 Å². The van der Waals surface area contributed by atoms with Crippen LogP contribution in [0.3, 0.4) is 0 Å². The number of hydrogen-bond donors (Lipinski definition) is 1. The number of aryl methyl sites for hydroxylation is 2. The molecule has 2 amide bonds. The summed E-state index contributed by atoms with van der Waals surface area (Å²) in [6.45, 7) is 7.10. The Morgan fingerprint density at radius 2 is 1.47 bits per heavy atom. The van der Waals surface area contributed by atoms with Crippen molar-refractivity contribution in [3.63, 3.8) is 0 Å². The molecule has 0 unspecified atom stereocenters. The van der Waals surface area contributed by atoms with Gasteiger partial charge in [0.2, 0.25) is 11.8 Å². The molecule has 5 heteroatoms. The number of carbonyl (C=O) groups is 2. The predicted molar refractivity (Wildman–Crippen MR) is 141 cm³/mol. The number of rotatable bonds is 11. The van der Waals surface area contributed by atoms with E-state index in [1.807, 2.05) is 99.6 Å². The second-order valence-electron chi connectivity index (χ2n) is 8.61. The highest BCUT2D eigenvalue weighted by Gasteiger charge is 2.30. The molecular formula is C29H34N2O2S. The van der Waals surface area contributed by atoms with E-state index in [0.29, 0.717) is 19.5 Å². The molecule has 178 valence electrons. The molecule has 3 aromatic rings. The fraction of sp³-hybridized carbons (Fsp3) is 0.310. The smallest absolute Gasteiger partial charge is 0.243 e. The molecule has 0 heterocycles. The standard InChI is InChI=1S/C29H34N2O2S/c1-4-18-30-29(33)27(19-24-8-6-5-7-9-24)31(20-25-14-10-22(2)11-15-25)28(32)21-34-26-16-12-23(3)13-17-26/h5-17,27H,4,18-21H2,1-3H3,(H,30,33)/t27-/m1/s1. The van der Waals surface area contributed by atoms with E-state index in [1.165, 1.54) is 17.3 Å². The quantitative estimate of drug-likeness (QED) is 0.370. The number of nitrogens with zero attached hydrogens (tertiary/aromatic N) is 1. The third-order valence-corrected chi connectivity index (χ3v) is 6.67. The van der Waals surface area contributed by atoms with Crippen LogP contribution in [0.5, 0.6) is 0 Å². The normalized spacial score (nSPS) is 11.6. The van der Waals surface area contributed by atoms with Gasteiger partial charge in [0.25, 0.3) is 0 Å². The van der Waals surface area contributed by atoms with Crippen molar-refractivity contribution in [2.45, 2.75) is 51.1 Å². The molecule has 4 nitrogen and oxygen atoms in total. The summed E-state index contributed by atoms with van der Waals surface area (Å²) < 4.78 is 0. The maximum atomic E-state index is 13.6. The molecule has 0 aliphatic carbocycles. The summed E-state index contributed by atoms with van der Waals surface area (Å²) in [5.74, 6) is 0.131. The largest absolute Gasteiger partial charge is 0.354 e. The summed E-state index contributed by atoms with van der Waals surface area (Å²) in [5, 5.41) is 3.02. The predicted octanol–water partition coefficient (Wildman–Crippen LogP) is 5.56. The summed E-state index contributed by atoms with van der Waals surface area (Å²) in [4.78, 5) is 29.7. The van der Waals surface area contributed by atoms with E-state index in [9.17, 15) is 9.59 Å². The number of carbonyl (C=O) groups excluding carboxylic acids is 2. The van der Waals surface area contributed by atoms with Crippen molar-refractivity contribution in [2.75, 3.05) is 12.3 Å². The number of nitrogens with one attached hydrogen (secondary N) is 1. The average molecular weight is 475 g/mol. The molecule has 3 rings (SSSR count). The van der Waals surface area contributed by atoms with E-state index in [4.69, 9.17) is 0 Å².